The third-order valence-electron chi connectivity index (χ3n) is 5.08. The van der Waals surface area contributed by atoms with Gasteiger partial charge in [-0.2, -0.15) is 0 Å². The van der Waals surface area contributed by atoms with E-state index in [0.29, 0.717) is 23.1 Å². The molecule has 2 aromatic carbocycles. The second-order valence-electron chi connectivity index (χ2n) is 6.86. The van der Waals surface area contributed by atoms with E-state index in [-0.39, 0.29) is 11.7 Å². The van der Waals surface area contributed by atoms with Gasteiger partial charge < -0.3 is 9.88 Å². The lowest BCUT2D eigenvalue weighted by Crippen LogP contribution is -2.36. The first-order valence-corrected chi connectivity index (χ1v) is 10.2. The summed E-state index contributed by atoms with van der Waals surface area (Å²) < 4.78 is 1.09. The third kappa shape index (κ3) is 2.81. The molecule has 136 valence electrons. The molecule has 0 bridgehead atoms. The number of rotatable bonds is 2. The fourth-order valence-electron chi connectivity index (χ4n) is 3.83. The van der Waals surface area contributed by atoms with Gasteiger partial charge in [0.1, 0.15) is 5.78 Å². The van der Waals surface area contributed by atoms with Crippen LogP contribution in [0.2, 0.25) is 10.0 Å². The summed E-state index contributed by atoms with van der Waals surface area (Å²) in [6, 6.07) is 11.5. The molecule has 27 heavy (non-hydrogen) atoms. The number of nitrogens with one attached hydrogen (secondary N) is 1. The van der Waals surface area contributed by atoms with E-state index < -0.39 is 0 Å². The van der Waals surface area contributed by atoms with Crippen LogP contribution in [-0.2, 0) is 11.3 Å². The van der Waals surface area contributed by atoms with Crippen molar-refractivity contribution in [3.63, 3.8) is 0 Å². The van der Waals surface area contributed by atoms with Gasteiger partial charge in [0.05, 0.1) is 22.7 Å². The van der Waals surface area contributed by atoms with E-state index in [1.54, 1.807) is 18.3 Å². The van der Waals surface area contributed by atoms with Gasteiger partial charge in [0.15, 0.2) is 5.13 Å². The summed E-state index contributed by atoms with van der Waals surface area (Å²) in [5.74, 6) is -0.0671. The lowest BCUT2D eigenvalue weighted by molar-refractivity contribution is -0.118. The molecular formula is C20H15Cl2N3OS. The molecule has 1 unspecified atom stereocenters. The largest absolute Gasteiger partial charge is 0.357 e. The highest BCUT2D eigenvalue weighted by Gasteiger charge is 2.33. The molecule has 4 aromatic rings. The molecule has 7 heteroatoms. The molecule has 3 heterocycles. The fourth-order valence-corrected chi connectivity index (χ4v) is 5.12. The Bertz CT molecular complexity index is 1210. The van der Waals surface area contributed by atoms with Gasteiger partial charge in [0.2, 0.25) is 0 Å². The molecule has 1 aliphatic rings. The highest BCUT2D eigenvalue weighted by Crippen LogP contribution is 2.40. The fraction of sp³-hybridized carbons (Fsp3) is 0.200. The molecule has 1 atom stereocenters. The van der Waals surface area contributed by atoms with Gasteiger partial charge in [0, 0.05) is 33.2 Å². The second-order valence-corrected chi connectivity index (χ2v) is 8.74. The van der Waals surface area contributed by atoms with Crippen LogP contribution in [0.25, 0.3) is 21.1 Å². The van der Waals surface area contributed by atoms with Crippen molar-refractivity contribution in [3.8, 4) is 0 Å². The average molecular weight is 416 g/mol. The minimum absolute atomic E-state index is 0.144. The van der Waals surface area contributed by atoms with E-state index in [4.69, 9.17) is 28.2 Å². The van der Waals surface area contributed by atoms with E-state index in [1.807, 2.05) is 36.4 Å². The molecule has 1 N–H and O–H groups in total. The van der Waals surface area contributed by atoms with Crippen LogP contribution in [0.15, 0.2) is 36.4 Å². The van der Waals surface area contributed by atoms with Crippen molar-refractivity contribution in [2.45, 2.75) is 19.4 Å². The van der Waals surface area contributed by atoms with Gasteiger partial charge >= 0.3 is 0 Å². The minimum atomic E-state index is -0.212. The van der Waals surface area contributed by atoms with Gasteiger partial charge in [-0.05, 0) is 48.9 Å². The maximum Gasteiger partial charge on any atom is 0.186 e. The van der Waals surface area contributed by atoms with Gasteiger partial charge in [-0.3, -0.25) is 4.79 Å². The molecule has 0 saturated carbocycles. The molecule has 0 amide bonds. The number of aromatic amines is 1. The first kappa shape index (κ1) is 17.0. The number of thiazole rings is 1. The van der Waals surface area contributed by atoms with E-state index in [0.717, 1.165) is 37.5 Å². The SMILES string of the molecule is CC(=O)C1CN(c2nc3cc(Cl)ccc3s2)Cc2[nH]c3ccc(Cl)cc3c21. The zero-order valence-corrected chi connectivity index (χ0v) is 16.8. The summed E-state index contributed by atoms with van der Waals surface area (Å²) in [7, 11) is 0. The number of hydrogen-bond acceptors (Lipinski definition) is 4. The minimum Gasteiger partial charge on any atom is -0.357 e. The quantitative estimate of drug-likeness (QED) is 0.451. The zero-order chi connectivity index (χ0) is 18.7. The molecule has 1 aliphatic heterocycles. The van der Waals surface area contributed by atoms with Crippen LogP contribution in [0.4, 0.5) is 5.13 Å². The molecule has 0 fully saturated rings. The topological polar surface area (TPSA) is 49.0 Å². The zero-order valence-electron chi connectivity index (χ0n) is 14.4. The predicted molar refractivity (Wildman–Crippen MR) is 112 cm³/mol. The maximum absolute atomic E-state index is 12.5. The van der Waals surface area contributed by atoms with Crippen LogP contribution < -0.4 is 4.90 Å². The molecule has 5 rings (SSSR count). The van der Waals surface area contributed by atoms with E-state index >= 15 is 0 Å². The van der Waals surface area contributed by atoms with Crippen molar-refractivity contribution in [2.24, 2.45) is 0 Å². The molecular weight excluding hydrogens is 401 g/mol. The molecule has 0 spiro atoms. The van der Waals surface area contributed by atoms with E-state index in [1.165, 1.54) is 0 Å². The summed E-state index contributed by atoms with van der Waals surface area (Å²) in [6.07, 6.45) is 0. The van der Waals surface area contributed by atoms with Crippen LogP contribution in [0.1, 0.15) is 24.1 Å². The van der Waals surface area contributed by atoms with Gasteiger partial charge in [-0.25, -0.2) is 4.98 Å². The second kappa shape index (κ2) is 6.23. The number of anilines is 1. The van der Waals surface area contributed by atoms with Gasteiger partial charge in [0.25, 0.3) is 0 Å². The van der Waals surface area contributed by atoms with Gasteiger partial charge in [-0.1, -0.05) is 34.5 Å². The van der Waals surface area contributed by atoms with Gasteiger partial charge in [-0.15, -0.1) is 0 Å². The van der Waals surface area contributed by atoms with Crippen molar-refractivity contribution in [1.29, 1.82) is 0 Å². The number of H-pyrrole nitrogens is 1. The summed E-state index contributed by atoms with van der Waals surface area (Å²) in [5.41, 5.74) is 4.01. The van der Waals surface area contributed by atoms with E-state index in [2.05, 4.69) is 9.88 Å². The van der Waals surface area contributed by atoms with Crippen LogP contribution in [0, 0.1) is 0 Å². The Balaban J connectivity index is 1.63. The lowest BCUT2D eigenvalue weighted by atomic mass is 9.89. The predicted octanol–water partition coefficient (Wildman–Crippen LogP) is 5.78. The number of carbonyl (C=O) groups excluding carboxylic acids is 1. The number of aromatic nitrogens is 2. The maximum atomic E-state index is 12.5. The number of ketones is 1. The van der Waals surface area contributed by atoms with Crippen molar-refractivity contribution >= 4 is 66.6 Å². The van der Waals surface area contributed by atoms with Crippen LogP contribution >= 0.6 is 34.5 Å². The van der Waals surface area contributed by atoms with Crippen LogP contribution in [0.5, 0.6) is 0 Å². The molecule has 2 aromatic heterocycles. The summed E-state index contributed by atoms with van der Waals surface area (Å²) >= 11 is 13.9. The Hall–Kier alpha value is -2.08. The first-order valence-electron chi connectivity index (χ1n) is 8.61. The number of hydrogen-bond donors (Lipinski definition) is 1. The lowest BCUT2D eigenvalue weighted by Gasteiger charge is -2.31. The molecule has 0 saturated heterocycles. The monoisotopic (exact) mass is 415 g/mol. The van der Waals surface area contributed by atoms with Crippen molar-refractivity contribution in [2.75, 3.05) is 11.4 Å². The number of fused-ring (bicyclic) bond motifs is 4. The number of benzene rings is 2. The Labute approximate surface area is 169 Å². The number of nitrogens with zero attached hydrogens (tertiary/aromatic N) is 2. The Morgan fingerprint density at radius 1 is 1.22 bits per heavy atom. The number of carbonyl (C=O) groups is 1. The molecule has 0 aliphatic carbocycles. The van der Waals surface area contributed by atoms with Crippen molar-refractivity contribution in [3.05, 3.63) is 57.7 Å². The average Bonchev–Trinajstić information content (AvgIpc) is 3.21. The van der Waals surface area contributed by atoms with Crippen LogP contribution in [0.3, 0.4) is 0 Å². The number of Topliss-reactive ketones (excluding diaryl/α,β-unsaturated/α-hetero) is 1. The number of halogens is 2. The molecule has 0 radical (unpaired) electrons. The highest BCUT2D eigenvalue weighted by atomic mass is 35.5. The summed E-state index contributed by atoms with van der Waals surface area (Å²) in [6.45, 7) is 2.94. The van der Waals surface area contributed by atoms with E-state index in [9.17, 15) is 4.79 Å². The Morgan fingerprint density at radius 2 is 2.00 bits per heavy atom. The van der Waals surface area contributed by atoms with Crippen molar-refractivity contribution < 1.29 is 4.79 Å². The Morgan fingerprint density at radius 3 is 2.81 bits per heavy atom. The third-order valence-corrected chi connectivity index (χ3v) is 6.65. The molecule has 4 nitrogen and oxygen atoms in total. The first-order chi connectivity index (χ1) is 13.0. The smallest absolute Gasteiger partial charge is 0.186 e. The summed E-state index contributed by atoms with van der Waals surface area (Å²) in [4.78, 5) is 22.9. The Kier molecular flexibility index (Phi) is 3.93. The van der Waals surface area contributed by atoms with Crippen LogP contribution in [-0.4, -0.2) is 22.3 Å². The highest BCUT2D eigenvalue weighted by molar-refractivity contribution is 7.22. The summed E-state index contributed by atoms with van der Waals surface area (Å²) in [5, 5.41) is 3.29. The normalized spacial score (nSPS) is 16.9. The van der Waals surface area contributed by atoms with Crippen molar-refractivity contribution in [1.82, 2.24) is 9.97 Å². The standard InChI is InChI=1S/C20H15Cl2N3OS/c1-10(26)14-8-25(20-24-16-7-12(22)3-5-18(16)27-20)9-17-19(14)13-6-11(21)2-4-15(13)23-17/h2-7,14,23H,8-9H2,1H3.